The van der Waals surface area contributed by atoms with Gasteiger partial charge in [0.15, 0.2) is 5.78 Å². The van der Waals surface area contributed by atoms with Crippen LogP contribution in [0.1, 0.15) is 38.2 Å². The van der Waals surface area contributed by atoms with Crippen LogP contribution in [-0.2, 0) is 15.0 Å². The van der Waals surface area contributed by atoms with E-state index in [-0.39, 0.29) is 29.1 Å². The lowest BCUT2D eigenvalue weighted by Gasteiger charge is -2.53. The van der Waals surface area contributed by atoms with E-state index in [2.05, 4.69) is 0 Å². The van der Waals surface area contributed by atoms with E-state index in [0.29, 0.717) is 6.04 Å². The number of allylic oxidation sites excluding steroid dienone is 1. The highest BCUT2D eigenvalue weighted by Crippen LogP contribution is 2.50. The minimum Gasteiger partial charge on any atom is -0.339 e. The van der Waals surface area contributed by atoms with Crippen molar-refractivity contribution >= 4 is 11.7 Å². The second-order valence-corrected chi connectivity index (χ2v) is 7.54. The molecular weight excluding hydrogens is 312 g/mol. The predicted octanol–water partition coefficient (Wildman–Crippen LogP) is 2.99. The van der Waals surface area contributed by atoms with Crippen molar-refractivity contribution in [1.82, 2.24) is 4.90 Å². The lowest BCUT2D eigenvalue weighted by molar-refractivity contribution is -0.149. The normalized spacial score (nSPS) is 32.5. The Balaban J connectivity index is 1.91. The molecule has 1 aromatic rings. The lowest BCUT2D eigenvalue weighted by atomic mass is 9.57. The number of likely N-dealkylation sites (tertiary alicyclic amines) is 1. The van der Waals surface area contributed by atoms with Crippen molar-refractivity contribution in [1.29, 1.82) is 5.26 Å². The van der Waals surface area contributed by atoms with Crippen molar-refractivity contribution < 1.29 is 9.59 Å². The minimum absolute atomic E-state index is 0.0757. The summed E-state index contributed by atoms with van der Waals surface area (Å²) in [6.07, 6.45) is 5.78. The standard InChI is InChI=1S/C21H22N2O2/c1-14-18-10-11-23(17-8-5-9-17)20(25)21(18,12-15(13-22)19(14)24)16-6-3-2-4-7-16/h2-4,6-7,12,14,17-18H,5,8-11H2,1H3/t14-,18-,21+/m0/s1. The molecule has 0 aromatic heterocycles. The first-order valence-electron chi connectivity index (χ1n) is 9.13. The van der Waals surface area contributed by atoms with E-state index in [4.69, 9.17) is 0 Å². The number of hydrogen-bond acceptors (Lipinski definition) is 3. The van der Waals surface area contributed by atoms with Crippen LogP contribution in [0.5, 0.6) is 0 Å². The van der Waals surface area contributed by atoms with E-state index >= 15 is 0 Å². The highest BCUT2D eigenvalue weighted by molar-refractivity contribution is 6.06. The molecule has 0 unspecified atom stereocenters. The van der Waals surface area contributed by atoms with E-state index in [1.807, 2.05) is 48.2 Å². The van der Waals surface area contributed by atoms with Gasteiger partial charge in [0.2, 0.25) is 5.91 Å². The van der Waals surface area contributed by atoms with Gasteiger partial charge in [0, 0.05) is 18.5 Å². The number of benzene rings is 1. The lowest BCUT2D eigenvalue weighted by Crippen LogP contribution is -2.62. The average molecular weight is 334 g/mol. The summed E-state index contributed by atoms with van der Waals surface area (Å²) in [4.78, 5) is 28.3. The molecule has 0 bridgehead atoms. The quantitative estimate of drug-likeness (QED) is 0.835. The molecule has 128 valence electrons. The Morgan fingerprint density at radius 1 is 1.16 bits per heavy atom. The summed E-state index contributed by atoms with van der Waals surface area (Å²) in [5, 5.41) is 9.49. The van der Waals surface area contributed by atoms with Crippen LogP contribution in [-0.4, -0.2) is 29.2 Å². The first kappa shape index (κ1) is 16.1. The number of nitrogens with zero attached hydrogens (tertiary/aromatic N) is 2. The van der Waals surface area contributed by atoms with Gasteiger partial charge >= 0.3 is 0 Å². The SMILES string of the molecule is C[C@@H]1C(=O)C(C#N)=C[C@]2(c3ccccc3)C(=O)N(C3CCC3)CC[C@@H]12. The van der Waals surface area contributed by atoms with Crippen LogP contribution in [0.15, 0.2) is 42.0 Å². The van der Waals surface area contributed by atoms with Crippen molar-refractivity contribution in [3.63, 3.8) is 0 Å². The third-order valence-electron chi connectivity index (χ3n) is 6.42. The Kier molecular flexibility index (Phi) is 3.76. The number of fused-ring (bicyclic) bond motifs is 1. The average Bonchev–Trinajstić information content (AvgIpc) is 2.60. The Morgan fingerprint density at radius 3 is 2.48 bits per heavy atom. The molecule has 25 heavy (non-hydrogen) atoms. The third kappa shape index (κ3) is 2.18. The van der Waals surface area contributed by atoms with Crippen molar-refractivity contribution in [3.8, 4) is 6.07 Å². The number of nitriles is 1. The fraction of sp³-hybridized carbons (Fsp3) is 0.476. The summed E-state index contributed by atoms with van der Waals surface area (Å²) in [7, 11) is 0. The topological polar surface area (TPSA) is 61.2 Å². The van der Waals surface area contributed by atoms with Gasteiger partial charge in [-0.25, -0.2) is 0 Å². The van der Waals surface area contributed by atoms with Gasteiger partial charge < -0.3 is 4.90 Å². The molecule has 2 fully saturated rings. The fourth-order valence-electron chi connectivity index (χ4n) is 4.81. The van der Waals surface area contributed by atoms with Gasteiger partial charge in [-0.15, -0.1) is 0 Å². The number of piperidine rings is 1. The number of amides is 1. The summed E-state index contributed by atoms with van der Waals surface area (Å²) >= 11 is 0. The molecule has 3 atom stereocenters. The van der Waals surface area contributed by atoms with Crippen LogP contribution in [0, 0.1) is 23.2 Å². The van der Waals surface area contributed by atoms with Crippen molar-refractivity contribution in [2.45, 2.75) is 44.1 Å². The zero-order chi connectivity index (χ0) is 17.6. The van der Waals surface area contributed by atoms with Gasteiger partial charge in [-0.2, -0.15) is 5.26 Å². The van der Waals surface area contributed by atoms with E-state index < -0.39 is 5.41 Å². The van der Waals surface area contributed by atoms with Crippen LogP contribution in [0.2, 0.25) is 0 Å². The van der Waals surface area contributed by atoms with Gasteiger partial charge in [0.25, 0.3) is 0 Å². The summed E-state index contributed by atoms with van der Waals surface area (Å²) in [5.41, 5.74) is 0.158. The van der Waals surface area contributed by atoms with Crippen LogP contribution in [0.3, 0.4) is 0 Å². The summed E-state index contributed by atoms with van der Waals surface area (Å²) in [6.45, 7) is 2.59. The second-order valence-electron chi connectivity index (χ2n) is 7.54. The van der Waals surface area contributed by atoms with E-state index in [9.17, 15) is 14.9 Å². The van der Waals surface area contributed by atoms with Crippen molar-refractivity contribution in [2.24, 2.45) is 11.8 Å². The summed E-state index contributed by atoms with van der Waals surface area (Å²) in [6, 6.07) is 12.1. The monoisotopic (exact) mass is 334 g/mol. The Bertz CT molecular complexity index is 788. The molecule has 1 saturated carbocycles. The number of Topliss-reactive ketones (excluding diaryl/α,β-unsaturated/α-hetero) is 1. The van der Waals surface area contributed by atoms with Crippen LogP contribution in [0.25, 0.3) is 0 Å². The summed E-state index contributed by atoms with van der Waals surface area (Å²) < 4.78 is 0. The van der Waals surface area contributed by atoms with Gasteiger partial charge in [0.1, 0.15) is 6.07 Å². The molecule has 1 aliphatic heterocycles. The van der Waals surface area contributed by atoms with E-state index in [0.717, 1.165) is 31.4 Å². The molecule has 1 aromatic carbocycles. The Morgan fingerprint density at radius 2 is 1.88 bits per heavy atom. The number of ketones is 1. The second kappa shape index (κ2) is 5.84. The van der Waals surface area contributed by atoms with Crippen molar-refractivity contribution in [3.05, 3.63) is 47.5 Å². The molecule has 4 rings (SSSR count). The highest BCUT2D eigenvalue weighted by atomic mass is 16.2. The molecular formula is C21H22N2O2. The molecule has 1 saturated heterocycles. The van der Waals surface area contributed by atoms with Gasteiger partial charge in [-0.05, 0) is 43.2 Å². The molecule has 1 amide bonds. The minimum atomic E-state index is -0.881. The Hall–Kier alpha value is -2.41. The van der Waals surface area contributed by atoms with Crippen LogP contribution in [0.4, 0.5) is 0 Å². The molecule has 2 aliphatic carbocycles. The Labute approximate surface area is 148 Å². The molecule has 0 N–H and O–H groups in total. The number of rotatable bonds is 2. The predicted molar refractivity (Wildman–Crippen MR) is 93.4 cm³/mol. The van der Waals surface area contributed by atoms with E-state index in [1.165, 1.54) is 6.42 Å². The molecule has 4 heteroatoms. The van der Waals surface area contributed by atoms with Crippen LogP contribution >= 0.6 is 0 Å². The number of carbonyl (C=O) groups is 2. The maximum absolute atomic E-state index is 13.7. The molecule has 3 aliphatic rings. The first-order valence-corrected chi connectivity index (χ1v) is 9.13. The smallest absolute Gasteiger partial charge is 0.237 e. The van der Waals surface area contributed by atoms with Gasteiger partial charge in [-0.1, -0.05) is 37.3 Å². The molecule has 0 radical (unpaired) electrons. The first-order chi connectivity index (χ1) is 12.1. The summed E-state index contributed by atoms with van der Waals surface area (Å²) in [5.74, 6) is -0.439. The van der Waals surface area contributed by atoms with Crippen LogP contribution < -0.4 is 0 Å². The maximum atomic E-state index is 13.7. The molecule has 0 spiro atoms. The zero-order valence-electron chi connectivity index (χ0n) is 14.4. The third-order valence-corrected chi connectivity index (χ3v) is 6.42. The van der Waals surface area contributed by atoms with Crippen molar-refractivity contribution in [2.75, 3.05) is 6.54 Å². The highest BCUT2D eigenvalue weighted by Gasteiger charge is 2.57. The fourth-order valence-corrected chi connectivity index (χ4v) is 4.81. The van der Waals surface area contributed by atoms with Gasteiger partial charge in [0.05, 0.1) is 11.0 Å². The van der Waals surface area contributed by atoms with E-state index in [1.54, 1.807) is 6.08 Å². The van der Waals surface area contributed by atoms with Gasteiger partial charge in [-0.3, -0.25) is 9.59 Å². The number of carbonyl (C=O) groups excluding carboxylic acids is 2. The maximum Gasteiger partial charge on any atom is 0.237 e. The molecule has 4 nitrogen and oxygen atoms in total. The molecule has 1 heterocycles. The largest absolute Gasteiger partial charge is 0.339 e. The number of hydrogen-bond donors (Lipinski definition) is 0. The zero-order valence-corrected chi connectivity index (χ0v) is 14.4.